The number of rotatable bonds is 8. The van der Waals surface area contributed by atoms with Crippen molar-refractivity contribution < 1.29 is 8.42 Å². The summed E-state index contributed by atoms with van der Waals surface area (Å²) in [7, 11) is 0.151. The summed E-state index contributed by atoms with van der Waals surface area (Å²) in [5.41, 5.74) is 4.19. The van der Waals surface area contributed by atoms with E-state index in [2.05, 4.69) is 46.1 Å². The number of hydrogen-bond donors (Lipinski definition) is 2. The highest BCUT2D eigenvalue weighted by Gasteiger charge is 2.10. The van der Waals surface area contributed by atoms with Crippen molar-refractivity contribution in [1.82, 2.24) is 14.9 Å². The molecule has 0 radical (unpaired) electrons. The van der Waals surface area contributed by atoms with Crippen LogP contribution in [0.25, 0.3) is 0 Å². The monoisotopic (exact) mass is 530 g/mol. The van der Waals surface area contributed by atoms with Gasteiger partial charge in [-0.3, -0.25) is 0 Å². The van der Waals surface area contributed by atoms with Gasteiger partial charge in [-0.05, 0) is 37.6 Å². The van der Waals surface area contributed by atoms with Crippen LogP contribution in [0.3, 0.4) is 0 Å². The van der Waals surface area contributed by atoms with Gasteiger partial charge in [-0.25, -0.2) is 18.1 Å². The summed E-state index contributed by atoms with van der Waals surface area (Å²) in [5, 5.41) is 3.32. The maximum Gasteiger partial charge on any atom is 0.215 e. The van der Waals surface area contributed by atoms with Crippen LogP contribution in [0.4, 0.5) is 0 Å². The first-order chi connectivity index (χ1) is 13.3. The minimum Gasteiger partial charge on any atom is -0.357 e. The molecule has 2 aromatic rings. The van der Waals surface area contributed by atoms with Crippen LogP contribution in [0.2, 0.25) is 0 Å². The molecule has 2 N–H and O–H groups in total. The molecule has 0 amide bonds. The van der Waals surface area contributed by atoms with E-state index in [1.54, 1.807) is 0 Å². The number of hydrogen-bond acceptors (Lipinski definition) is 3. The molecule has 0 atom stereocenters. The van der Waals surface area contributed by atoms with Gasteiger partial charge in [-0.15, -0.1) is 24.0 Å². The Hall–Kier alpha value is -1.65. The fraction of sp³-hybridized carbons (Fsp3) is 0.381. The lowest BCUT2D eigenvalue weighted by atomic mass is 10.1. The molecule has 6 nitrogen and oxygen atoms in total. The standard InChI is InChI=1S/C21H30N4O2S.HI/c1-5-23-21(25(4)15-18-11-9-17(2)10-12-18)24-14-19-7-6-8-20(13-19)16-28(26,27)22-3;/h6-13,22H,5,14-16H2,1-4H3,(H,23,24);1H. The Bertz CT molecular complexity index is 899. The second-order valence-electron chi connectivity index (χ2n) is 6.79. The van der Waals surface area contributed by atoms with E-state index >= 15 is 0 Å². The molecule has 29 heavy (non-hydrogen) atoms. The van der Waals surface area contributed by atoms with E-state index < -0.39 is 10.0 Å². The molecule has 0 saturated heterocycles. The number of nitrogens with one attached hydrogen (secondary N) is 2. The highest BCUT2D eigenvalue weighted by Crippen LogP contribution is 2.11. The topological polar surface area (TPSA) is 73.8 Å². The molecule has 0 bridgehead atoms. The summed E-state index contributed by atoms with van der Waals surface area (Å²) in [6, 6.07) is 16.0. The number of guanidine groups is 1. The van der Waals surface area contributed by atoms with Crippen molar-refractivity contribution in [2.75, 3.05) is 20.6 Å². The summed E-state index contributed by atoms with van der Waals surface area (Å²) in [6.07, 6.45) is 0. The van der Waals surface area contributed by atoms with Crippen LogP contribution in [-0.2, 0) is 28.9 Å². The van der Waals surface area contributed by atoms with Crippen molar-refractivity contribution >= 4 is 40.0 Å². The zero-order valence-corrected chi connectivity index (χ0v) is 20.6. The maximum absolute atomic E-state index is 11.8. The van der Waals surface area contributed by atoms with E-state index in [1.807, 2.05) is 38.2 Å². The summed E-state index contributed by atoms with van der Waals surface area (Å²) in [6.45, 7) is 6.13. The molecule has 0 spiro atoms. The van der Waals surface area contributed by atoms with Crippen LogP contribution >= 0.6 is 24.0 Å². The Morgan fingerprint density at radius 1 is 1.07 bits per heavy atom. The Morgan fingerprint density at radius 2 is 1.72 bits per heavy atom. The molecule has 0 aromatic heterocycles. The van der Waals surface area contributed by atoms with Crippen LogP contribution in [0.15, 0.2) is 53.5 Å². The van der Waals surface area contributed by atoms with Gasteiger partial charge < -0.3 is 10.2 Å². The van der Waals surface area contributed by atoms with Crippen molar-refractivity contribution in [3.05, 3.63) is 70.8 Å². The third-order valence-electron chi connectivity index (χ3n) is 4.31. The van der Waals surface area contributed by atoms with Gasteiger partial charge in [-0.1, -0.05) is 54.1 Å². The van der Waals surface area contributed by atoms with E-state index in [0.717, 1.165) is 30.2 Å². The van der Waals surface area contributed by atoms with Gasteiger partial charge in [-0.2, -0.15) is 0 Å². The molecule has 0 saturated carbocycles. The van der Waals surface area contributed by atoms with Crippen LogP contribution < -0.4 is 10.0 Å². The summed E-state index contributed by atoms with van der Waals surface area (Å²) in [5.74, 6) is 0.783. The molecule has 0 aliphatic rings. The normalized spacial score (nSPS) is 11.7. The van der Waals surface area contributed by atoms with E-state index in [4.69, 9.17) is 4.99 Å². The summed E-state index contributed by atoms with van der Waals surface area (Å²) >= 11 is 0. The van der Waals surface area contributed by atoms with Crippen molar-refractivity contribution in [2.45, 2.75) is 32.7 Å². The first-order valence-electron chi connectivity index (χ1n) is 9.37. The predicted molar refractivity (Wildman–Crippen MR) is 131 cm³/mol. The van der Waals surface area contributed by atoms with Crippen molar-refractivity contribution in [3.8, 4) is 0 Å². The smallest absolute Gasteiger partial charge is 0.215 e. The van der Waals surface area contributed by atoms with E-state index in [9.17, 15) is 8.42 Å². The average molecular weight is 530 g/mol. The Balaban J connectivity index is 0.00000420. The zero-order chi connectivity index (χ0) is 20.6. The van der Waals surface area contributed by atoms with Crippen LogP contribution in [0.1, 0.15) is 29.2 Å². The van der Waals surface area contributed by atoms with E-state index in [-0.39, 0.29) is 29.7 Å². The molecule has 0 aliphatic heterocycles. The van der Waals surface area contributed by atoms with Gasteiger partial charge >= 0.3 is 0 Å². The van der Waals surface area contributed by atoms with Crippen LogP contribution in [-0.4, -0.2) is 39.9 Å². The first kappa shape index (κ1) is 25.4. The van der Waals surface area contributed by atoms with Crippen molar-refractivity contribution in [1.29, 1.82) is 0 Å². The van der Waals surface area contributed by atoms with Crippen LogP contribution in [0.5, 0.6) is 0 Å². The molecule has 160 valence electrons. The minimum absolute atomic E-state index is 0. The molecule has 0 heterocycles. The maximum atomic E-state index is 11.8. The largest absolute Gasteiger partial charge is 0.357 e. The van der Waals surface area contributed by atoms with Gasteiger partial charge in [0.25, 0.3) is 0 Å². The lowest BCUT2D eigenvalue weighted by molar-refractivity contribution is 0.477. The Labute approximate surface area is 191 Å². The number of nitrogens with zero attached hydrogens (tertiary/aromatic N) is 2. The van der Waals surface area contributed by atoms with E-state index in [0.29, 0.717) is 6.54 Å². The number of sulfonamides is 1. The quantitative estimate of drug-likeness (QED) is 0.312. The SMILES string of the molecule is CCNC(=NCc1cccc(CS(=O)(=O)NC)c1)N(C)Cc1ccc(C)cc1.I. The highest BCUT2D eigenvalue weighted by molar-refractivity contribution is 14.0. The third-order valence-corrected chi connectivity index (χ3v) is 5.64. The molecule has 0 aliphatic carbocycles. The zero-order valence-electron chi connectivity index (χ0n) is 17.5. The summed E-state index contributed by atoms with van der Waals surface area (Å²) < 4.78 is 25.9. The second-order valence-corrected chi connectivity index (χ2v) is 8.72. The number of halogens is 1. The lowest BCUT2D eigenvalue weighted by Crippen LogP contribution is -2.38. The predicted octanol–water partition coefficient (Wildman–Crippen LogP) is 3.26. The Kier molecular flexibility index (Phi) is 10.6. The van der Waals surface area contributed by atoms with Crippen molar-refractivity contribution in [2.24, 2.45) is 4.99 Å². The van der Waals surface area contributed by atoms with Gasteiger partial charge in [0.15, 0.2) is 5.96 Å². The van der Waals surface area contributed by atoms with Gasteiger partial charge in [0, 0.05) is 20.1 Å². The molecule has 2 rings (SSSR count). The fourth-order valence-corrected chi connectivity index (χ4v) is 3.55. The van der Waals surface area contributed by atoms with Crippen LogP contribution in [0, 0.1) is 6.92 Å². The first-order valence-corrected chi connectivity index (χ1v) is 11.0. The average Bonchev–Trinajstić information content (AvgIpc) is 2.67. The molecular weight excluding hydrogens is 499 g/mol. The van der Waals surface area contributed by atoms with Gasteiger partial charge in [0.05, 0.1) is 12.3 Å². The summed E-state index contributed by atoms with van der Waals surface area (Å²) in [4.78, 5) is 6.81. The molecular formula is C21H31IN4O2S. The number of aryl methyl sites for hydroxylation is 1. The van der Waals surface area contributed by atoms with Gasteiger partial charge in [0.2, 0.25) is 10.0 Å². The minimum atomic E-state index is -3.29. The molecule has 8 heteroatoms. The number of benzene rings is 2. The number of aliphatic imine (C=N–C) groups is 1. The lowest BCUT2D eigenvalue weighted by Gasteiger charge is -2.22. The molecule has 0 unspecified atom stereocenters. The fourth-order valence-electron chi connectivity index (χ4n) is 2.79. The molecule has 0 fully saturated rings. The highest BCUT2D eigenvalue weighted by atomic mass is 127. The Morgan fingerprint density at radius 3 is 2.34 bits per heavy atom. The van der Waals surface area contributed by atoms with Gasteiger partial charge in [0.1, 0.15) is 0 Å². The second kappa shape index (κ2) is 12.1. The molecule has 2 aromatic carbocycles. The van der Waals surface area contributed by atoms with Crippen molar-refractivity contribution in [3.63, 3.8) is 0 Å². The van der Waals surface area contributed by atoms with E-state index in [1.165, 1.54) is 18.2 Å². The third kappa shape index (κ3) is 8.71.